The number of rotatable bonds is 7. The van der Waals surface area contributed by atoms with E-state index < -0.39 is 5.97 Å². The van der Waals surface area contributed by atoms with Crippen molar-refractivity contribution in [2.45, 2.75) is 26.7 Å². The van der Waals surface area contributed by atoms with E-state index in [0.29, 0.717) is 0 Å². The predicted molar refractivity (Wildman–Crippen MR) is 116 cm³/mol. The third-order valence-corrected chi connectivity index (χ3v) is 6.46. The molecule has 0 spiro atoms. The summed E-state index contributed by atoms with van der Waals surface area (Å²) in [6.07, 6.45) is 3.53. The number of fused-ring (bicyclic) bond motifs is 1. The van der Waals surface area contributed by atoms with Crippen LogP contribution in [0.1, 0.15) is 39.8 Å². The molecular formula is C23H25NO3S. The predicted octanol–water partition coefficient (Wildman–Crippen LogP) is 5.44. The Hall–Kier alpha value is -2.79. The smallest absolute Gasteiger partial charge is 0.323 e. The SMILES string of the molecule is C=C(C)c1sc2c(c1C)C(=C)N(CC(=O)O)C=C2CCc1ccccc1OC. The minimum absolute atomic E-state index is 0.103. The maximum atomic E-state index is 11.4. The second-order valence-electron chi connectivity index (χ2n) is 6.98. The Labute approximate surface area is 170 Å². The summed E-state index contributed by atoms with van der Waals surface area (Å²) in [6, 6.07) is 7.99. The molecule has 5 heteroatoms. The summed E-state index contributed by atoms with van der Waals surface area (Å²) in [5, 5.41) is 9.32. The van der Waals surface area contributed by atoms with Gasteiger partial charge in [-0.2, -0.15) is 0 Å². The monoisotopic (exact) mass is 395 g/mol. The number of methoxy groups -OCH3 is 1. The van der Waals surface area contributed by atoms with E-state index in [9.17, 15) is 9.90 Å². The van der Waals surface area contributed by atoms with Crippen molar-refractivity contribution in [3.8, 4) is 5.75 Å². The van der Waals surface area contributed by atoms with Gasteiger partial charge in [0.15, 0.2) is 0 Å². The van der Waals surface area contributed by atoms with Gasteiger partial charge >= 0.3 is 5.97 Å². The average Bonchev–Trinajstić information content (AvgIpc) is 3.01. The Morgan fingerprint density at radius 2 is 2.00 bits per heavy atom. The number of carbonyl (C=O) groups is 1. The van der Waals surface area contributed by atoms with Gasteiger partial charge in [0.2, 0.25) is 0 Å². The Kier molecular flexibility index (Phi) is 5.75. The van der Waals surface area contributed by atoms with Crippen LogP contribution in [-0.4, -0.2) is 29.6 Å². The van der Waals surface area contributed by atoms with Gasteiger partial charge in [-0.15, -0.1) is 11.3 Å². The Morgan fingerprint density at radius 3 is 2.64 bits per heavy atom. The first kappa shape index (κ1) is 20.0. The molecule has 1 N–H and O–H groups in total. The molecular weight excluding hydrogens is 370 g/mol. The molecule has 0 saturated heterocycles. The lowest BCUT2D eigenvalue weighted by molar-refractivity contribution is -0.137. The van der Waals surface area contributed by atoms with Gasteiger partial charge in [-0.3, -0.25) is 4.79 Å². The molecule has 0 fully saturated rings. The van der Waals surface area contributed by atoms with Gasteiger partial charge in [-0.25, -0.2) is 0 Å². The highest BCUT2D eigenvalue weighted by atomic mass is 32.1. The first-order valence-corrected chi connectivity index (χ1v) is 9.95. The number of allylic oxidation sites excluding steroid dienone is 2. The maximum absolute atomic E-state index is 11.4. The Morgan fingerprint density at radius 1 is 1.29 bits per heavy atom. The lowest BCUT2D eigenvalue weighted by Crippen LogP contribution is -2.26. The zero-order valence-electron chi connectivity index (χ0n) is 16.5. The van der Waals surface area contributed by atoms with Gasteiger partial charge in [0.05, 0.1) is 7.11 Å². The molecule has 0 amide bonds. The van der Waals surface area contributed by atoms with Crippen LogP contribution in [0.15, 0.2) is 43.6 Å². The molecule has 1 aromatic heterocycles. The van der Waals surface area contributed by atoms with Crippen LogP contribution in [0.5, 0.6) is 5.75 Å². The lowest BCUT2D eigenvalue weighted by Gasteiger charge is -2.28. The fourth-order valence-electron chi connectivity index (χ4n) is 3.61. The number of benzene rings is 1. The van der Waals surface area contributed by atoms with Crippen molar-refractivity contribution in [2.24, 2.45) is 0 Å². The number of carboxylic acids is 1. The van der Waals surface area contributed by atoms with Crippen molar-refractivity contribution in [1.29, 1.82) is 0 Å². The van der Waals surface area contributed by atoms with Gasteiger partial charge in [0.1, 0.15) is 12.3 Å². The molecule has 4 nitrogen and oxygen atoms in total. The zero-order chi connectivity index (χ0) is 20.4. The summed E-state index contributed by atoms with van der Waals surface area (Å²) in [7, 11) is 1.68. The molecule has 0 unspecified atom stereocenters. The highest BCUT2D eigenvalue weighted by Gasteiger charge is 2.28. The van der Waals surface area contributed by atoms with Crippen molar-refractivity contribution in [3.63, 3.8) is 0 Å². The van der Waals surface area contributed by atoms with Crippen LogP contribution >= 0.6 is 11.3 Å². The normalized spacial score (nSPS) is 13.2. The maximum Gasteiger partial charge on any atom is 0.323 e. The quantitative estimate of drug-likeness (QED) is 0.678. The number of carboxylic acid groups (broad SMARTS) is 1. The number of hydrogen-bond acceptors (Lipinski definition) is 4. The van der Waals surface area contributed by atoms with E-state index in [-0.39, 0.29) is 6.54 Å². The highest BCUT2D eigenvalue weighted by Crippen LogP contribution is 2.45. The van der Waals surface area contributed by atoms with Crippen LogP contribution in [0.3, 0.4) is 0 Å². The molecule has 1 aromatic carbocycles. The van der Waals surface area contributed by atoms with Gasteiger partial charge in [0.25, 0.3) is 0 Å². The van der Waals surface area contributed by atoms with Crippen LogP contribution < -0.4 is 4.74 Å². The van der Waals surface area contributed by atoms with E-state index >= 15 is 0 Å². The molecule has 1 aliphatic rings. The van der Waals surface area contributed by atoms with E-state index in [2.05, 4.69) is 26.1 Å². The Bertz CT molecular complexity index is 984. The summed E-state index contributed by atoms with van der Waals surface area (Å²) in [5.41, 5.74) is 6.17. The van der Waals surface area contributed by atoms with E-state index in [0.717, 1.165) is 61.9 Å². The minimum Gasteiger partial charge on any atom is -0.496 e. The van der Waals surface area contributed by atoms with Crippen LogP contribution in [0, 0.1) is 6.92 Å². The lowest BCUT2D eigenvalue weighted by atomic mass is 9.94. The number of ether oxygens (including phenoxy) is 1. The number of aryl methyl sites for hydroxylation is 1. The van der Waals surface area contributed by atoms with Crippen molar-refractivity contribution in [3.05, 3.63) is 70.1 Å². The second kappa shape index (κ2) is 8.07. The number of aliphatic carboxylic acids is 1. The molecule has 28 heavy (non-hydrogen) atoms. The molecule has 2 heterocycles. The molecule has 1 aliphatic heterocycles. The van der Waals surface area contributed by atoms with Crippen LogP contribution in [-0.2, 0) is 11.2 Å². The standard InChI is InChI=1S/C23H25NO3S/c1-14(2)22-15(3)21-16(4)24(13-20(25)26)12-18(23(21)28-22)11-10-17-8-6-7-9-19(17)27-5/h6-9,12H,1,4,10-11,13H2,2-3,5H3,(H,25,26). The van der Waals surface area contributed by atoms with Crippen molar-refractivity contribution < 1.29 is 14.6 Å². The van der Waals surface area contributed by atoms with E-state index in [1.165, 1.54) is 0 Å². The van der Waals surface area contributed by atoms with E-state index in [4.69, 9.17) is 4.74 Å². The van der Waals surface area contributed by atoms with Crippen LogP contribution in [0.2, 0.25) is 0 Å². The van der Waals surface area contributed by atoms with E-state index in [1.807, 2.05) is 31.3 Å². The molecule has 146 valence electrons. The molecule has 0 aliphatic carbocycles. The Balaban J connectivity index is 2.00. The van der Waals surface area contributed by atoms with E-state index in [1.54, 1.807) is 23.3 Å². The van der Waals surface area contributed by atoms with Crippen LogP contribution in [0.25, 0.3) is 16.8 Å². The fraction of sp³-hybridized carbons (Fsp3) is 0.261. The van der Waals surface area contributed by atoms with Gasteiger partial charge in [0, 0.05) is 27.2 Å². The summed E-state index contributed by atoms with van der Waals surface area (Å²) in [6.45, 7) is 12.2. The molecule has 3 rings (SSSR count). The number of hydrogen-bond donors (Lipinski definition) is 1. The van der Waals surface area contributed by atoms with Gasteiger partial charge in [-0.1, -0.05) is 31.4 Å². The third kappa shape index (κ3) is 3.76. The molecule has 2 aromatic rings. The summed E-state index contributed by atoms with van der Waals surface area (Å²) in [5.74, 6) is -0.00569. The third-order valence-electron chi connectivity index (χ3n) is 4.93. The topological polar surface area (TPSA) is 49.8 Å². The minimum atomic E-state index is -0.877. The zero-order valence-corrected chi connectivity index (χ0v) is 17.4. The molecule has 0 radical (unpaired) electrons. The first-order valence-electron chi connectivity index (χ1n) is 9.13. The first-order chi connectivity index (χ1) is 13.3. The molecule has 0 saturated carbocycles. The van der Waals surface area contributed by atoms with Gasteiger partial charge in [-0.05, 0) is 55.0 Å². The number of nitrogens with zero attached hydrogens (tertiary/aromatic N) is 1. The largest absolute Gasteiger partial charge is 0.496 e. The van der Waals surface area contributed by atoms with Gasteiger partial charge < -0.3 is 14.7 Å². The molecule has 0 bridgehead atoms. The van der Waals surface area contributed by atoms with Crippen molar-refractivity contribution in [2.75, 3.05) is 13.7 Å². The summed E-state index contributed by atoms with van der Waals surface area (Å²) in [4.78, 5) is 15.4. The van der Waals surface area contributed by atoms with Crippen LogP contribution in [0.4, 0.5) is 0 Å². The second-order valence-corrected chi connectivity index (χ2v) is 8.00. The van der Waals surface area contributed by atoms with Crippen molar-refractivity contribution in [1.82, 2.24) is 4.90 Å². The average molecular weight is 396 g/mol. The van der Waals surface area contributed by atoms with Crippen molar-refractivity contribution >= 4 is 34.1 Å². The highest BCUT2D eigenvalue weighted by molar-refractivity contribution is 7.14. The summed E-state index contributed by atoms with van der Waals surface area (Å²) >= 11 is 1.71. The number of thiophene rings is 1. The fourth-order valence-corrected chi connectivity index (χ4v) is 4.90. The summed E-state index contributed by atoms with van der Waals surface area (Å²) < 4.78 is 5.47. The molecule has 0 atom stereocenters. The number of para-hydroxylation sites is 1.